The van der Waals surface area contributed by atoms with Gasteiger partial charge in [-0.25, -0.2) is 0 Å². The van der Waals surface area contributed by atoms with Gasteiger partial charge in [-0.1, -0.05) is 19.9 Å². The minimum atomic E-state index is -0.770. The number of hydrogen-bond acceptors (Lipinski definition) is 3. The van der Waals surface area contributed by atoms with Gasteiger partial charge in [0.15, 0.2) is 0 Å². The van der Waals surface area contributed by atoms with E-state index >= 15 is 0 Å². The molecule has 2 N–H and O–H groups in total. The number of carbonyl (C=O) groups excluding carboxylic acids is 1. The second-order valence-corrected chi connectivity index (χ2v) is 6.74. The van der Waals surface area contributed by atoms with Gasteiger partial charge in [0.25, 0.3) is 5.91 Å². The Morgan fingerprint density at radius 1 is 1.35 bits per heavy atom. The molecular formula is C16H24N2O2. The topological polar surface area (TPSA) is 62.2 Å². The minimum Gasteiger partial charge on any atom is -0.388 e. The number of nitrogens with one attached hydrogen (secondary N) is 1. The maximum Gasteiger partial charge on any atom is 0.270 e. The lowest BCUT2D eigenvalue weighted by molar-refractivity contribution is -0.0233. The van der Waals surface area contributed by atoms with Crippen LogP contribution in [0.5, 0.6) is 0 Å². The molecule has 0 bridgehead atoms. The van der Waals surface area contributed by atoms with E-state index in [9.17, 15) is 9.90 Å². The van der Waals surface area contributed by atoms with Gasteiger partial charge >= 0.3 is 0 Å². The van der Waals surface area contributed by atoms with Gasteiger partial charge in [-0.3, -0.25) is 9.78 Å². The smallest absolute Gasteiger partial charge is 0.270 e. The van der Waals surface area contributed by atoms with Gasteiger partial charge in [-0.2, -0.15) is 0 Å². The molecule has 1 aliphatic carbocycles. The number of nitrogens with zero attached hydrogens (tertiary/aromatic N) is 1. The summed E-state index contributed by atoms with van der Waals surface area (Å²) < 4.78 is 0. The van der Waals surface area contributed by atoms with Crippen LogP contribution in [0.25, 0.3) is 0 Å². The van der Waals surface area contributed by atoms with Crippen molar-refractivity contribution in [3.63, 3.8) is 0 Å². The summed E-state index contributed by atoms with van der Waals surface area (Å²) in [6.45, 7) is 6.61. The van der Waals surface area contributed by atoms with E-state index in [2.05, 4.69) is 24.1 Å². The van der Waals surface area contributed by atoms with E-state index in [1.807, 2.05) is 19.1 Å². The summed E-state index contributed by atoms with van der Waals surface area (Å²) in [6.07, 6.45) is 5.06. The van der Waals surface area contributed by atoms with Gasteiger partial charge in [0.2, 0.25) is 0 Å². The molecule has 0 atom stereocenters. The van der Waals surface area contributed by atoms with Crippen molar-refractivity contribution in [3.05, 3.63) is 29.6 Å². The van der Waals surface area contributed by atoms with Crippen LogP contribution in [0.15, 0.2) is 18.3 Å². The lowest BCUT2D eigenvalue weighted by atomic mass is 9.71. The van der Waals surface area contributed by atoms with Gasteiger partial charge in [0.1, 0.15) is 5.69 Å². The summed E-state index contributed by atoms with van der Waals surface area (Å²) in [4.78, 5) is 16.2. The first-order chi connectivity index (χ1) is 9.31. The fraction of sp³-hybridized carbons (Fsp3) is 0.625. The Kier molecular flexibility index (Phi) is 4.14. The first kappa shape index (κ1) is 15.0. The molecule has 4 nitrogen and oxygen atoms in total. The number of pyridine rings is 1. The zero-order chi connectivity index (χ0) is 14.8. The summed E-state index contributed by atoms with van der Waals surface area (Å²) in [6, 6.07) is 3.67. The van der Waals surface area contributed by atoms with E-state index in [0.29, 0.717) is 17.7 Å². The second-order valence-electron chi connectivity index (χ2n) is 6.74. The van der Waals surface area contributed by atoms with Gasteiger partial charge in [0.05, 0.1) is 5.60 Å². The molecule has 1 aliphatic rings. The van der Waals surface area contributed by atoms with Crippen molar-refractivity contribution in [2.24, 2.45) is 5.41 Å². The average molecular weight is 276 g/mol. The summed E-state index contributed by atoms with van der Waals surface area (Å²) in [5.41, 5.74) is 0.816. The standard InChI is InChI=1S/C16H24N2O2/c1-12-5-4-10-17-13(12)14(19)18-11-16(20)8-6-15(2,3)7-9-16/h4-5,10,20H,6-9,11H2,1-3H3,(H,18,19). The molecule has 1 amide bonds. The van der Waals surface area contributed by atoms with Crippen molar-refractivity contribution in [3.8, 4) is 0 Å². The SMILES string of the molecule is Cc1cccnc1C(=O)NCC1(O)CCC(C)(C)CC1. The molecule has 20 heavy (non-hydrogen) atoms. The Bertz CT molecular complexity index is 487. The third kappa shape index (κ3) is 3.57. The largest absolute Gasteiger partial charge is 0.388 e. The normalized spacial score (nSPS) is 20.4. The molecule has 0 saturated heterocycles. The molecule has 1 aromatic heterocycles. The highest BCUT2D eigenvalue weighted by molar-refractivity contribution is 5.93. The number of aromatic nitrogens is 1. The van der Waals surface area contributed by atoms with Gasteiger partial charge < -0.3 is 10.4 Å². The number of aliphatic hydroxyl groups is 1. The van der Waals surface area contributed by atoms with E-state index in [1.54, 1.807) is 6.20 Å². The van der Waals surface area contributed by atoms with Gasteiger partial charge in [-0.05, 0) is 49.7 Å². The van der Waals surface area contributed by atoms with Crippen LogP contribution in [0.2, 0.25) is 0 Å². The fourth-order valence-corrected chi connectivity index (χ4v) is 2.62. The van der Waals surface area contributed by atoms with Crippen LogP contribution < -0.4 is 5.32 Å². The van der Waals surface area contributed by atoms with E-state index in [-0.39, 0.29) is 5.91 Å². The van der Waals surface area contributed by atoms with E-state index < -0.39 is 5.60 Å². The Balaban J connectivity index is 1.92. The molecule has 1 fully saturated rings. The third-order valence-electron chi connectivity index (χ3n) is 4.34. The molecule has 2 rings (SSSR count). The quantitative estimate of drug-likeness (QED) is 0.891. The van der Waals surface area contributed by atoms with Crippen LogP contribution >= 0.6 is 0 Å². The summed E-state index contributed by atoms with van der Waals surface area (Å²) >= 11 is 0. The molecule has 1 heterocycles. The lowest BCUT2D eigenvalue weighted by Crippen LogP contribution is -2.46. The van der Waals surface area contributed by atoms with Crippen LogP contribution in [0.3, 0.4) is 0 Å². The van der Waals surface area contributed by atoms with Crippen LogP contribution in [0.1, 0.15) is 55.6 Å². The molecule has 1 saturated carbocycles. The van der Waals surface area contributed by atoms with Crippen LogP contribution in [0, 0.1) is 12.3 Å². The molecule has 0 aromatic carbocycles. The maximum absolute atomic E-state index is 12.1. The monoisotopic (exact) mass is 276 g/mol. The van der Waals surface area contributed by atoms with Crippen LogP contribution in [-0.4, -0.2) is 28.1 Å². The summed E-state index contributed by atoms with van der Waals surface area (Å²) in [7, 11) is 0. The highest BCUT2D eigenvalue weighted by Gasteiger charge is 2.36. The summed E-state index contributed by atoms with van der Waals surface area (Å²) in [5, 5.41) is 13.4. The molecular weight excluding hydrogens is 252 g/mol. The first-order valence-electron chi connectivity index (χ1n) is 7.24. The minimum absolute atomic E-state index is 0.207. The van der Waals surface area contributed by atoms with Crippen LogP contribution in [0.4, 0.5) is 0 Å². The van der Waals surface area contributed by atoms with E-state index in [1.165, 1.54) is 0 Å². The average Bonchev–Trinajstić information content (AvgIpc) is 2.41. The van der Waals surface area contributed by atoms with Gasteiger partial charge in [-0.15, -0.1) is 0 Å². The van der Waals surface area contributed by atoms with Crippen molar-refractivity contribution in [2.75, 3.05) is 6.54 Å². The highest BCUT2D eigenvalue weighted by Crippen LogP contribution is 2.39. The zero-order valence-corrected chi connectivity index (χ0v) is 12.6. The molecule has 0 aliphatic heterocycles. The highest BCUT2D eigenvalue weighted by atomic mass is 16.3. The third-order valence-corrected chi connectivity index (χ3v) is 4.34. The molecule has 0 radical (unpaired) electrons. The number of amides is 1. The lowest BCUT2D eigenvalue weighted by Gasteiger charge is -2.40. The van der Waals surface area contributed by atoms with Crippen molar-refractivity contribution >= 4 is 5.91 Å². The fourth-order valence-electron chi connectivity index (χ4n) is 2.62. The second kappa shape index (κ2) is 5.52. The predicted octanol–water partition coefficient (Wildman–Crippen LogP) is 2.45. The molecule has 0 unspecified atom stereocenters. The Labute approximate surface area is 120 Å². The summed E-state index contributed by atoms with van der Waals surface area (Å²) in [5.74, 6) is -0.207. The predicted molar refractivity (Wildman–Crippen MR) is 78.5 cm³/mol. The van der Waals surface area contributed by atoms with Crippen molar-refractivity contribution in [2.45, 2.75) is 52.1 Å². The first-order valence-corrected chi connectivity index (χ1v) is 7.24. The molecule has 1 aromatic rings. The number of rotatable bonds is 3. The molecule has 4 heteroatoms. The van der Waals surface area contributed by atoms with E-state index in [0.717, 1.165) is 31.2 Å². The van der Waals surface area contributed by atoms with Crippen molar-refractivity contribution in [1.29, 1.82) is 0 Å². The maximum atomic E-state index is 12.1. The Morgan fingerprint density at radius 2 is 2.00 bits per heavy atom. The van der Waals surface area contributed by atoms with Crippen LogP contribution in [-0.2, 0) is 0 Å². The van der Waals surface area contributed by atoms with Gasteiger partial charge in [0, 0.05) is 12.7 Å². The number of carbonyl (C=O) groups is 1. The molecule has 0 spiro atoms. The molecule has 110 valence electrons. The number of hydrogen-bond donors (Lipinski definition) is 2. The van der Waals surface area contributed by atoms with E-state index in [4.69, 9.17) is 0 Å². The Hall–Kier alpha value is -1.42. The Morgan fingerprint density at radius 3 is 2.60 bits per heavy atom. The van der Waals surface area contributed by atoms with Crippen molar-refractivity contribution < 1.29 is 9.90 Å². The van der Waals surface area contributed by atoms with Crippen molar-refractivity contribution in [1.82, 2.24) is 10.3 Å². The zero-order valence-electron chi connectivity index (χ0n) is 12.6. The number of aryl methyl sites for hydroxylation is 1.